The summed E-state index contributed by atoms with van der Waals surface area (Å²) >= 11 is 8.99. The second-order valence-corrected chi connectivity index (χ2v) is 5.37. The maximum atomic E-state index is 12.0. The van der Waals surface area contributed by atoms with E-state index in [9.17, 15) is 9.59 Å². The zero-order valence-electron chi connectivity index (χ0n) is 10.2. The number of hydrogen-bond donors (Lipinski definition) is 0. The maximum Gasteiger partial charge on any atom is 0.340 e. The molecule has 0 aromatic carbocycles. The Hall–Kier alpha value is -1.14. The highest BCUT2D eigenvalue weighted by Gasteiger charge is 2.32. The predicted octanol–water partition coefficient (Wildman–Crippen LogP) is 2.22. The minimum atomic E-state index is -0.500. The van der Waals surface area contributed by atoms with E-state index in [2.05, 4.69) is 20.9 Å². The van der Waals surface area contributed by atoms with Crippen molar-refractivity contribution in [1.29, 1.82) is 0 Å². The Morgan fingerprint density at radius 2 is 2.42 bits per heavy atom. The van der Waals surface area contributed by atoms with Crippen LogP contribution < -0.4 is 4.90 Å². The number of ether oxygens (including phenoxy) is 1. The number of alkyl halides is 1. The minimum absolute atomic E-state index is 0.0556. The number of aromatic nitrogens is 1. The number of amides is 1. The first-order chi connectivity index (χ1) is 9.06. The number of esters is 1. The quantitative estimate of drug-likeness (QED) is 0.478. The van der Waals surface area contributed by atoms with E-state index >= 15 is 0 Å². The summed E-state index contributed by atoms with van der Waals surface area (Å²) in [6.07, 6.45) is 1.88. The van der Waals surface area contributed by atoms with Gasteiger partial charge >= 0.3 is 5.97 Å². The number of nitrogens with zero attached hydrogens (tertiary/aromatic N) is 2. The fourth-order valence-electron chi connectivity index (χ4n) is 2.03. The van der Waals surface area contributed by atoms with Gasteiger partial charge in [0.15, 0.2) is 0 Å². The third-order valence-corrected chi connectivity index (χ3v) is 3.84. The average Bonchev–Trinajstić information content (AvgIpc) is 2.79. The molecule has 0 bridgehead atoms. The molecule has 1 aliphatic heterocycles. The van der Waals surface area contributed by atoms with Crippen LogP contribution >= 0.6 is 27.5 Å². The number of carbonyl (C=O) groups is 2. The van der Waals surface area contributed by atoms with E-state index < -0.39 is 5.97 Å². The first-order valence-corrected chi connectivity index (χ1v) is 6.99. The first-order valence-electron chi connectivity index (χ1n) is 5.67. The number of hydrogen-bond acceptors (Lipinski definition) is 4. The van der Waals surface area contributed by atoms with E-state index in [1.54, 1.807) is 11.0 Å². The molecule has 0 radical (unpaired) electrons. The fraction of sp³-hybridized carbons (Fsp3) is 0.417. The molecule has 1 aromatic heterocycles. The van der Waals surface area contributed by atoms with Crippen LogP contribution in [0.5, 0.6) is 0 Å². The lowest BCUT2D eigenvalue weighted by Crippen LogP contribution is -2.27. The van der Waals surface area contributed by atoms with Crippen molar-refractivity contribution in [2.75, 3.05) is 24.4 Å². The molecule has 0 aliphatic carbocycles. The first kappa shape index (κ1) is 14.3. The monoisotopic (exact) mass is 346 g/mol. The molecule has 1 aliphatic rings. The number of carbonyl (C=O) groups excluding carboxylic acids is 2. The Kier molecular flexibility index (Phi) is 4.42. The maximum absolute atomic E-state index is 12.0. The normalized spacial score (nSPS) is 18.8. The third kappa shape index (κ3) is 2.90. The molecule has 2 rings (SSSR count). The number of methoxy groups -OCH3 is 1. The molecule has 1 unspecified atom stereocenters. The van der Waals surface area contributed by atoms with E-state index in [4.69, 9.17) is 16.3 Å². The zero-order valence-corrected chi connectivity index (χ0v) is 12.6. The van der Waals surface area contributed by atoms with E-state index in [-0.39, 0.29) is 11.8 Å². The Labute approximate surface area is 124 Å². The zero-order chi connectivity index (χ0) is 14.0. The van der Waals surface area contributed by atoms with Crippen molar-refractivity contribution < 1.29 is 14.3 Å². The Balaban J connectivity index is 2.39. The summed E-state index contributed by atoms with van der Waals surface area (Å²) in [5.41, 5.74) is 0.778. The van der Waals surface area contributed by atoms with Crippen LogP contribution in [-0.4, -0.2) is 36.4 Å². The molecule has 1 atom stereocenters. The van der Waals surface area contributed by atoms with Gasteiger partial charge in [0.25, 0.3) is 0 Å². The van der Waals surface area contributed by atoms with Crippen LogP contribution in [0.2, 0.25) is 0 Å². The molecule has 2 heterocycles. The highest BCUT2D eigenvalue weighted by molar-refractivity contribution is 9.10. The molecule has 1 saturated heterocycles. The lowest BCUT2D eigenvalue weighted by molar-refractivity contribution is -0.117. The molecule has 0 N–H and O–H groups in total. The smallest absolute Gasteiger partial charge is 0.340 e. The fourth-order valence-corrected chi connectivity index (χ4v) is 2.57. The van der Waals surface area contributed by atoms with Gasteiger partial charge in [-0.15, -0.1) is 11.6 Å². The molecular formula is C12H12BrClN2O3. The highest BCUT2D eigenvalue weighted by atomic mass is 79.9. The summed E-state index contributed by atoms with van der Waals surface area (Å²) in [5, 5.41) is 0. The van der Waals surface area contributed by atoms with Crippen molar-refractivity contribution >= 4 is 45.1 Å². The number of pyridine rings is 1. The van der Waals surface area contributed by atoms with Gasteiger partial charge in [-0.05, 0) is 27.9 Å². The van der Waals surface area contributed by atoms with Crippen molar-refractivity contribution in [2.45, 2.75) is 6.42 Å². The summed E-state index contributed by atoms with van der Waals surface area (Å²) < 4.78 is 5.24. The predicted molar refractivity (Wildman–Crippen MR) is 74.5 cm³/mol. The largest absolute Gasteiger partial charge is 0.465 e. The minimum Gasteiger partial charge on any atom is -0.465 e. The van der Waals surface area contributed by atoms with Crippen molar-refractivity contribution in [1.82, 2.24) is 4.98 Å². The molecule has 0 spiro atoms. The number of rotatable bonds is 3. The van der Waals surface area contributed by atoms with Gasteiger partial charge in [0.2, 0.25) is 5.91 Å². The second-order valence-electron chi connectivity index (χ2n) is 4.24. The van der Waals surface area contributed by atoms with Crippen molar-refractivity contribution in [2.24, 2.45) is 5.92 Å². The Bertz CT molecular complexity index is 524. The van der Waals surface area contributed by atoms with E-state index in [1.807, 2.05) is 0 Å². The van der Waals surface area contributed by atoms with Crippen LogP contribution in [0.15, 0.2) is 16.9 Å². The summed E-state index contributed by atoms with van der Waals surface area (Å²) in [5.74, 6) is -0.0387. The van der Waals surface area contributed by atoms with Crippen molar-refractivity contribution in [3.8, 4) is 0 Å². The van der Waals surface area contributed by atoms with Crippen LogP contribution in [0.1, 0.15) is 16.8 Å². The Morgan fingerprint density at radius 3 is 3.00 bits per heavy atom. The standard InChI is InChI=1S/C12H12BrClN2O3/c1-19-12(18)8-3-10(13)15-5-9(8)16-6-7(4-14)2-11(16)17/h3,5,7H,2,4,6H2,1H3. The summed E-state index contributed by atoms with van der Waals surface area (Å²) in [4.78, 5) is 29.3. The van der Waals surface area contributed by atoms with Crippen LogP contribution in [-0.2, 0) is 9.53 Å². The van der Waals surface area contributed by atoms with Crippen LogP contribution in [0.25, 0.3) is 0 Å². The summed E-state index contributed by atoms with van der Waals surface area (Å²) in [6, 6.07) is 1.54. The SMILES string of the molecule is COC(=O)c1cc(Br)ncc1N1CC(CCl)CC1=O. The molecular weight excluding hydrogens is 336 g/mol. The van der Waals surface area contributed by atoms with Crippen LogP contribution in [0, 0.1) is 5.92 Å². The van der Waals surface area contributed by atoms with Gasteiger partial charge in [0, 0.05) is 18.8 Å². The van der Waals surface area contributed by atoms with Gasteiger partial charge in [0.05, 0.1) is 24.6 Å². The molecule has 1 aromatic rings. The van der Waals surface area contributed by atoms with Crippen LogP contribution in [0.4, 0.5) is 5.69 Å². The average molecular weight is 348 g/mol. The van der Waals surface area contributed by atoms with Crippen LogP contribution in [0.3, 0.4) is 0 Å². The second kappa shape index (κ2) is 5.88. The van der Waals surface area contributed by atoms with Gasteiger partial charge in [-0.2, -0.15) is 0 Å². The van der Waals surface area contributed by atoms with Crippen molar-refractivity contribution in [3.63, 3.8) is 0 Å². The lowest BCUT2D eigenvalue weighted by atomic mass is 10.1. The molecule has 7 heteroatoms. The molecule has 5 nitrogen and oxygen atoms in total. The summed E-state index contributed by atoms with van der Waals surface area (Å²) in [7, 11) is 1.30. The lowest BCUT2D eigenvalue weighted by Gasteiger charge is -2.19. The van der Waals surface area contributed by atoms with Gasteiger partial charge in [-0.1, -0.05) is 0 Å². The van der Waals surface area contributed by atoms with E-state index in [0.717, 1.165) is 0 Å². The van der Waals surface area contributed by atoms with E-state index in [0.29, 0.717) is 34.7 Å². The third-order valence-electron chi connectivity index (χ3n) is 2.97. The molecule has 19 heavy (non-hydrogen) atoms. The Morgan fingerprint density at radius 1 is 1.68 bits per heavy atom. The van der Waals surface area contributed by atoms with Gasteiger partial charge < -0.3 is 9.64 Å². The van der Waals surface area contributed by atoms with Gasteiger partial charge in [-0.25, -0.2) is 9.78 Å². The van der Waals surface area contributed by atoms with Gasteiger partial charge in [-0.3, -0.25) is 4.79 Å². The van der Waals surface area contributed by atoms with E-state index in [1.165, 1.54) is 13.3 Å². The highest BCUT2D eigenvalue weighted by Crippen LogP contribution is 2.29. The summed E-state index contributed by atoms with van der Waals surface area (Å²) in [6.45, 7) is 0.496. The molecule has 1 amide bonds. The topological polar surface area (TPSA) is 59.5 Å². The molecule has 102 valence electrons. The van der Waals surface area contributed by atoms with Crippen molar-refractivity contribution in [3.05, 3.63) is 22.4 Å². The van der Waals surface area contributed by atoms with Gasteiger partial charge in [0.1, 0.15) is 4.60 Å². The molecule has 0 saturated carbocycles. The molecule has 1 fully saturated rings. The number of halogens is 2. The number of anilines is 1.